The minimum atomic E-state index is -0.295. The third kappa shape index (κ3) is 4.05. The van der Waals surface area contributed by atoms with Crippen LogP contribution in [0.5, 0.6) is 0 Å². The SMILES string of the molecule is O=C(N/N=C/c1c2ccccc2cc2ccccc12)c1[nH]c(-c2ccccc2)cc1-c1ccccc1. The van der Waals surface area contributed by atoms with Crippen molar-refractivity contribution in [2.75, 3.05) is 0 Å². The standard InChI is InChI=1S/C32H23N3O/c36-32(31-28(22-11-3-1-4-12-22)20-30(34-31)23-13-5-2-6-14-23)35-33-21-29-26-17-9-7-15-24(26)19-25-16-8-10-18-27(25)29/h1-21,34H,(H,35,36)/b33-21+. The topological polar surface area (TPSA) is 57.2 Å². The number of aromatic amines is 1. The van der Waals surface area contributed by atoms with E-state index in [4.69, 9.17) is 0 Å². The van der Waals surface area contributed by atoms with E-state index in [1.807, 2.05) is 91.0 Å². The van der Waals surface area contributed by atoms with Gasteiger partial charge < -0.3 is 4.98 Å². The molecule has 6 aromatic rings. The monoisotopic (exact) mass is 465 g/mol. The van der Waals surface area contributed by atoms with E-state index >= 15 is 0 Å². The highest BCUT2D eigenvalue weighted by molar-refractivity contribution is 6.13. The first-order chi connectivity index (χ1) is 17.8. The number of nitrogens with one attached hydrogen (secondary N) is 2. The van der Waals surface area contributed by atoms with Gasteiger partial charge in [0.25, 0.3) is 5.91 Å². The van der Waals surface area contributed by atoms with Gasteiger partial charge in [-0.2, -0.15) is 5.10 Å². The second kappa shape index (κ2) is 9.35. The van der Waals surface area contributed by atoms with E-state index in [-0.39, 0.29) is 5.91 Å². The van der Waals surface area contributed by atoms with Crippen LogP contribution in [0.1, 0.15) is 16.1 Å². The number of rotatable bonds is 5. The maximum Gasteiger partial charge on any atom is 0.288 e. The predicted molar refractivity (Wildman–Crippen MR) is 148 cm³/mol. The number of hydrogen-bond acceptors (Lipinski definition) is 2. The molecule has 0 saturated heterocycles. The predicted octanol–water partition coefficient (Wildman–Crippen LogP) is 7.42. The van der Waals surface area contributed by atoms with E-state index in [1.165, 1.54) is 0 Å². The zero-order valence-electron chi connectivity index (χ0n) is 19.5. The zero-order chi connectivity index (χ0) is 24.3. The molecule has 0 fully saturated rings. The molecule has 1 aromatic heterocycles. The lowest BCUT2D eigenvalue weighted by molar-refractivity contribution is 0.0951. The maximum absolute atomic E-state index is 13.3. The third-order valence-corrected chi connectivity index (χ3v) is 6.39. The minimum absolute atomic E-state index is 0.295. The number of amides is 1. The summed E-state index contributed by atoms with van der Waals surface area (Å²) >= 11 is 0. The van der Waals surface area contributed by atoms with Gasteiger partial charge in [0.1, 0.15) is 5.69 Å². The van der Waals surface area contributed by atoms with Gasteiger partial charge in [-0.3, -0.25) is 4.79 Å². The van der Waals surface area contributed by atoms with Gasteiger partial charge in [-0.05, 0) is 44.8 Å². The second-order valence-electron chi connectivity index (χ2n) is 8.64. The molecule has 0 aliphatic rings. The summed E-state index contributed by atoms with van der Waals surface area (Å²) in [7, 11) is 0. The molecule has 4 heteroatoms. The van der Waals surface area contributed by atoms with Crippen molar-refractivity contribution >= 4 is 33.7 Å². The average Bonchev–Trinajstić information content (AvgIpc) is 3.39. The summed E-state index contributed by atoms with van der Waals surface area (Å²) in [6.07, 6.45) is 1.74. The number of hydrogen-bond donors (Lipinski definition) is 2. The summed E-state index contributed by atoms with van der Waals surface area (Å²) in [5, 5.41) is 8.83. The summed E-state index contributed by atoms with van der Waals surface area (Å²) in [6.45, 7) is 0. The number of nitrogens with zero attached hydrogens (tertiary/aromatic N) is 1. The van der Waals surface area contributed by atoms with Crippen LogP contribution in [0.4, 0.5) is 0 Å². The Morgan fingerprint density at radius 3 is 1.86 bits per heavy atom. The van der Waals surface area contributed by atoms with Crippen LogP contribution in [0.2, 0.25) is 0 Å². The largest absolute Gasteiger partial charge is 0.350 e. The fraction of sp³-hybridized carbons (Fsp3) is 0. The van der Waals surface area contributed by atoms with E-state index in [9.17, 15) is 4.79 Å². The van der Waals surface area contributed by atoms with E-state index in [0.717, 1.165) is 49.5 Å². The molecule has 1 amide bonds. The number of aromatic nitrogens is 1. The highest BCUT2D eigenvalue weighted by atomic mass is 16.2. The molecular weight excluding hydrogens is 442 g/mol. The van der Waals surface area contributed by atoms with Gasteiger partial charge in [0.05, 0.1) is 6.21 Å². The van der Waals surface area contributed by atoms with Crippen LogP contribution in [0, 0.1) is 0 Å². The Morgan fingerprint density at radius 1 is 0.667 bits per heavy atom. The van der Waals surface area contributed by atoms with Crippen LogP contribution in [0.15, 0.2) is 126 Å². The minimum Gasteiger partial charge on any atom is -0.350 e. The Morgan fingerprint density at radius 2 is 1.22 bits per heavy atom. The van der Waals surface area contributed by atoms with Crippen LogP contribution < -0.4 is 5.43 Å². The molecular formula is C32H23N3O. The average molecular weight is 466 g/mol. The summed E-state index contributed by atoms with van der Waals surface area (Å²) in [5.74, 6) is -0.295. The molecule has 0 saturated carbocycles. The van der Waals surface area contributed by atoms with Crippen molar-refractivity contribution in [3.8, 4) is 22.4 Å². The second-order valence-corrected chi connectivity index (χ2v) is 8.64. The highest BCUT2D eigenvalue weighted by Gasteiger charge is 2.17. The van der Waals surface area contributed by atoms with Crippen molar-refractivity contribution in [1.82, 2.24) is 10.4 Å². The van der Waals surface area contributed by atoms with Crippen LogP contribution in [-0.2, 0) is 0 Å². The van der Waals surface area contributed by atoms with Gasteiger partial charge in [0.15, 0.2) is 0 Å². The lowest BCUT2D eigenvalue weighted by atomic mass is 9.97. The van der Waals surface area contributed by atoms with Gasteiger partial charge in [-0.15, -0.1) is 0 Å². The Hall–Kier alpha value is -4.96. The first kappa shape index (κ1) is 21.6. The first-order valence-corrected chi connectivity index (χ1v) is 11.9. The molecule has 36 heavy (non-hydrogen) atoms. The third-order valence-electron chi connectivity index (χ3n) is 6.39. The van der Waals surface area contributed by atoms with Crippen molar-refractivity contribution in [1.29, 1.82) is 0 Å². The van der Waals surface area contributed by atoms with Crippen molar-refractivity contribution in [2.45, 2.75) is 0 Å². The fourth-order valence-electron chi connectivity index (χ4n) is 4.65. The molecule has 0 atom stereocenters. The number of H-pyrrole nitrogens is 1. The lowest BCUT2D eigenvalue weighted by Crippen LogP contribution is -2.19. The Bertz CT molecular complexity index is 1660. The number of benzene rings is 5. The Balaban J connectivity index is 1.37. The molecule has 6 rings (SSSR count). The molecule has 0 bridgehead atoms. The smallest absolute Gasteiger partial charge is 0.288 e. The molecule has 0 aliphatic carbocycles. The van der Waals surface area contributed by atoms with Crippen molar-refractivity contribution in [3.63, 3.8) is 0 Å². The van der Waals surface area contributed by atoms with Gasteiger partial charge in [0.2, 0.25) is 0 Å². The zero-order valence-corrected chi connectivity index (χ0v) is 19.5. The lowest BCUT2D eigenvalue weighted by Gasteiger charge is -2.08. The van der Waals surface area contributed by atoms with Gasteiger partial charge in [-0.25, -0.2) is 5.43 Å². The summed E-state index contributed by atoms with van der Waals surface area (Å²) < 4.78 is 0. The normalized spacial score (nSPS) is 11.3. The summed E-state index contributed by atoms with van der Waals surface area (Å²) in [5.41, 5.74) is 7.89. The summed E-state index contributed by atoms with van der Waals surface area (Å²) in [6, 6.07) is 40.5. The van der Waals surface area contributed by atoms with Crippen LogP contribution >= 0.6 is 0 Å². The fourth-order valence-corrected chi connectivity index (χ4v) is 4.65. The molecule has 1 heterocycles. The Labute approximate surface area is 208 Å². The van der Waals surface area contributed by atoms with Crippen molar-refractivity contribution in [2.24, 2.45) is 5.10 Å². The van der Waals surface area contributed by atoms with Crippen LogP contribution in [0.25, 0.3) is 43.9 Å². The number of fused-ring (bicyclic) bond motifs is 2. The molecule has 0 aliphatic heterocycles. The van der Waals surface area contributed by atoms with Crippen LogP contribution in [0.3, 0.4) is 0 Å². The Kier molecular flexibility index (Phi) is 5.60. The van der Waals surface area contributed by atoms with E-state index in [0.29, 0.717) is 5.69 Å². The number of carbonyl (C=O) groups excluding carboxylic acids is 1. The van der Waals surface area contributed by atoms with Crippen LogP contribution in [-0.4, -0.2) is 17.1 Å². The van der Waals surface area contributed by atoms with Crippen molar-refractivity contribution in [3.05, 3.63) is 133 Å². The van der Waals surface area contributed by atoms with E-state index in [2.05, 4.69) is 45.8 Å². The van der Waals surface area contributed by atoms with Gasteiger partial charge in [0, 0.05) is 16.8 Å². The molecule has 0 radical (unpaired) electrons. The maximum atomic E-state index is 13.3. The molecule has 2 N–H and O–H groups in total. The van der Waals surface area contributed by atoms with E-state index in [1.54, 1.807) is 6.21 Å². The first-order valence-electron chi connectivity index (χ1n) is 11.9. The summed E-state index contributed by atoms with van der Waals surface area (Å²) in [4.78, 5) is 16.7. The van der Waals surface area contributed by atoms with Gasteiger partial charge >= 0.3 is 0 Å². The molecule has 0 spiro atoms. The molecule has 0 unspecified atom stereocenters. The van der Waals surface area contributed by atoms with E-state index < -0.39 is 0 Å². The molecule has 5 aromatic carbocycles. The highest BCUT2D eigenvalue weighted by Crippen LogP contribution is 2.30. The number of hydrazone groups is 1. The molecule has 4 nitrogen and oxygen atoms in total. The quantitative estimate of drug-likeness (QED) is 0.155. The van der Waals surface area contributed by atoms with Crippen molar-refractivity contribution < 1.29 is 4.79 Å². The molecule has 172 valence electrons. The van der Waals surface area contributed by atoms with Gasteiger partial charge in [-0.1, -0.05) is 109 Å². The number of carbonyl (C=O) groups is 1.